The molecule has 1 aliphatic carbocycles. The molecule has 0 spiro atoms. The summed E-state index contributed by atoms with van der Waals surface area (Å²) in [5.41, 5.74) is -0.441. The van der Waals surface area contributed by atoms with E-state index in [1.165, 1.54) is 7.11 Å². The van der Waals surface area contributed by atoms with Crippen LogP contribution in [0.25, 0.3) is 0 Å². The minimum atomic E-state index is -2.73. The van der Waals surface area contributed by atoms with Crippen LogP contribution in [0.4, 0.5) is 8.78 Å². The van der Waals surface area contributed by atoms with Crippen molar-refractivity contribution in [2.45, 2.75) is 43.1 Å². The summed E-state index contributed by atoms with van der Waals surface area (Å²) in [5.74, 6) is -1.64. The third kappa shape index (κ3) is 2.02. The molecule has 1 aromatic carbocycles. The van der Waals surface area contributed by atoms with Gasteiger partial charge in [-0.3, -0.25) is 4.90 Å². The molecule has 3 rings (SSSR count). The predicted molar refractivity (Wildman–Crippen MR) is 81.1 cm³/mol. The van der Waals surface area contributed by atoms with Crippen molar-refractivity contribution in [3.63, 3.8) is 0 Å². The zero-order valence-electron chi connectivity index (χ0n) is 13.4. The van der Waals surface area contributed by atoms with Crippen LogP contribution < -0.4 is 9.47 Å². The second kappa shape index (κ2) is 5.37. The lowest BCUT2D eigenvalue weighted by Gasteiger charge is -2.43. The number of hydrogen-bond acceptors (Lipinski definition) is 3. The fourth-order valence-electron chi connectivity index (χ4n) is 4.40. The topological polar surface area (TPSA) is 21.7 Å². The molecular weight excluding hydrogens is 288 g/mol. The molecule has 0 radical (unpaired) electrons. The van der Waals surface area contributed by atoms with E-state index in [-0.39, 0.29) is 12.6 Å². The van der Waals surface area contributed by atoms with Crippen molar-refractivity contribution in [2.75, 3.05) is 27.8 Å². The van der Waals surface area contributed by atoms with Gasteiger partial charge in [-0.1, -0.05) is 18.9 Å². The molecule has 2 fully saturated rings. The summed E-state index contributed by atoms with van der Waals surface area (Å²) in [6, 6.07) is 5.15. The number of halogens is 2. The van der Waals surface area contributed by atoms with E-state index in [1.807, 2.05) is 11.9 Å². The van der Waals surface area contributed by atoms with E-state index in [0.717, 1.165) is 19.3 Å². The van der Waals surface area contributed by atoms with Crippen LogP contribution in [0.2, 0.25) is 0 Å². The van der Waals surface area contributed by atoms with Crippen LogP contribution in [0.15, 0.2) is 18.2 Å². The maximum Gasteiger partial charge on any atom is 0.271 e. The first-order valence-electron chi connectivity index (χ1n) is 7.77. The minimum Gasteiger partial charge on any atom is -0.493 e. The molecule has 0 unspecified atom stereocenters. The number of rotatable bonds is 3. The lowest BCUT2D eigenvalue weighted by Crippen LogP contribution is -2.51. The second-order valence-corrected chi connectivity index (χ2v) is 6.42. The highest BCUT2D eigenvalue weighted by Crippen LogP contribution is 2.56. The van der Waals surface area contributed by atoms with E-state index in [4.69, 9.17) is 9.47 Å². The molecule has 0 aromatic heterocycles. The lowest BCUT2D eigenvalue weighted by atomic mass is 9.64. The SMILES string of the molecule is COc1ccc([C@@]23CCCC[C@@H]2N(C)CC3(F)F)cc1OC. The number of likely N-dealkylation sites (N-methyl/N-ethyl adjacent to an activating group) is 1. The van der Waals surface area contributed by atoms with Gasteiger partial charge in [-0.25, -0.2) is 8.78 Å². The van der Waals surface area contributed by atoms with Gasteiger partial charge in [0.05, 0.1) is 26.2 Å². The number of alkyl halides is 2. The Hall–Kier alpha value is -1.36. The standard InChI is InChI=1S/C17H23F2NO2/c1-20-11-17(18,19)16(9-5-4-6-15(16)20)12-7-8-13(21-2)14(10-12)22-3/h7-8,10,15H,4-6,9,11H2,1-3H3/t15-,16-/m0/s1. The summed E-state index contributed by atoms with van der Waals surface area (Å²) in [4.78, 5) is 1.83. The Balaban J connectivity index is 2.14. The first-order valence-corrected chi connectivity index (χ1v) is 7.77. The third-order valence-corrected chi connectivity index (χ3v) is 5.40. The van der Waals surface area contributed by atoms with Crippen molar-refractivity contribution in [3.05, 3.63) is 23.8 Å². The zero-order valence-corrected chi connectivity index (χ0v) is 13.4. The molecule has 22 heavy (non-hydrogen) atoms. The van der Waals surface area contributed by atoms with Gasteiger partial charge < -0.3 is 9.47 Å². The summed E-state index contributed by atoms with van der Waals surface area (Å²) in [6.45, 7) is -0.175. The fourth-order valence-corrected chi connectivity index (χ4v) is 4.40. The number of methoxy groups -OCH3 is 2. The Morgan fingerprint density at radius 2 is 1.86 bits per heavy atom. The molecule has 0 amide bonds. The molecule has 5 heteroatoms. The molecule has 1 saturated carbocycles. The van der Waals surface area contributed by atoms with Gasteiger partial charge in [0.25, 0.3) is 5.92 Å². The lowest BCUT2D eigenvalue weighted by molar-refractivity contribution is -0.0607. The Labute approximate surface area is 130 Å². The van der Waals surface area contributed by atoms with Crippen molar-refractivity contribution in [1.29, 1.82) is 0 Å². The van der Waals surface area contributed by atoms with E-state index in [2.05, 4.69) is 0 Å². The van der Waals surface area contributed by atoms with E-state index < -0.39 is 11.3 Å². The summed E-state index contributed by atoms with van der Waals surface area (Å²) < 4.78 is 40.5. The van der Waals surface area contributed by atoms with Crippen LogP contribution in [0.3, 0.4) is 0 Å². The Morgan fingerprint density at radius 1 is 1.14 bits per heavy atom. The molecule has 1 aliphatic heterocycles. The summed E-state index contributed by atoms with van der Waals surface area (Å²) >= 11 is 0. The second-order valence-electron chi connectivity index (χ2n) is 6.42. The van der Waals surface area contributed by atoms with Crippen molar-refractivity contribution < 1.29 is 18.3 Å². The predicted octanol–water partition coefficient (Wildman–Crippen LogP) is 3.46. The monoisotopic (exact) mass is 311 g/mol. The van der Waals surface area contributed by atoms with E-state index >= 15 is 0 Å². The Kier molecular flexibility index (Phi) is 3.79. The number of benzene rings is 1. The molecule has 1 aromatic rings. The van der Waals surface area contributed by atoms with E-state index in [1.54, 1.807) is 25.3 Å². The van der Waals surface area contributed by atoms with Crippen molar-refractivity contribution >= 4 is 0 Å². The first-order chi connectivity index (χ1) is 10.5. The van der Waals surface area contributed by atoms with Crippen LogP contribution in [-0.4, -0.2) is 44.7 Å². The van der Waals surface area contributed by atoms with Gasteiger partial charge >= 0.3 is 0 Å². The molecule has 0 N–H and O–H groups in total. The molecular formula is C17H23F2NO2. The van der Waals surface area contributed by atoms with Gasteiger partial charge in [-0.05, 0) is 37.6 Å². The molecule has 2 aliphatic rings. The maximum atomic E-state index is 15.0. The number of likely N-dealkylation sites (tertiary alicyclic amines) is 1. The maximum absolute atomic E-state index is 15.0. The van der Waals surface area contributed by atoms with Crippen molar-refractivity contribution in [2.24, 2.45) is 0 Å². The third-order valence-electron chi connectivity index (χ3n) is 5.40. The number of ether oxygens (including phenoxy) is 2. The number of hydrogen-bond donors (Lipinski definition) is 0. The normalized spacial score (nSPS) is 30.9. The molecule has 3 nitrogen and oxygen atoms in total. The smallest absolute Gasteiger partial charge is 0.271 e. The fraction of sp³-hybridized carbons (Fsp3) is 0.647. The van der Waals surface area contributed by atoms with Crippen LogP contribution in [-0.2, 0) is 5.41 Å². The summed E-state index contributed by atoms with van der Waals surface area (Å²) in [6.07, 6.45) is 3.19. The van der Waals surface area contributed by atoms with Gasteiger partial charge in [-0.2, -0.15) is 0 Å². The van der Waals surface area contributed by atoms with Gasteiger partial charge in [0.2, 0.25) is 0 Å². The molecule has 2 atom stereocenters. The minimum absolute atomic E-state index is 0.116. The van der Waals surface area contributed by atoms with Gasteiger partial charge in [0.1, 0.15) is 0 Å². The van der Waals surface area contributed by atoms with Crippen LogP contribution in [0, 0.1) is 0 Å². The van der Waals surface area contributed by atoms with Crippen LogP contribution >= 0.6 is 0 Å². The number of fused-ring (bicyclic) bond motifs is 1. The van der Waals surface area contributed by atoms with Gasteiger partial charge in [0.15, 0.2) is 11.5 Å². The highest BCUT2D eigenvalue weighted by Gasteiger charge is 2.65. The zero-order chi connectivity index (χ0) is 16.0. The van der Waals surface area contributed by atoms with Gasteiger partial charge in [0, 0.05) is 6.04 Å². The largest absolute Gasteiger partial charge is 0.493 e. The van der Waals surface area contributed by atoms with Crippen LogP contribution in [0.5, 0.6) is 11.5 Å². The Bertz CT molecular complexity index is 564. The highest BCUT2D eigenvalue weighted by molar-refractivity contribution is 5.47. The average Bonchev–Trinajstić information content (AvgIpc) is 2.74. The molecule has 0 bridgehead atoms. The van der Waals surface area contributed by atoms with Crippen molar-refractivity contribution in [1.82, 2.24) is 4.90 Å². The molecule has 122 valence electrons. The summed E-state index contributed by atoms with van der Waals surface area (Å²) in [7, 11) is 4.90. The van der Waals surface area contributed by atoms with Gasteiger partial charge in [-0.15, -0.1) is 0 Å². The Morgan fingerprint density at radius 3 is 2.55 bits per heavy atom. The molecule has 1 saturated heterocycles. The van der Waals surface area contributed by atoms with E-state index in [9.17, 15) is 8.78 Å². The van der Waals surface area contributed by atoms with E-state index in [0.29, 0.717) is 23.5 Å². The van der Waals surface area contributed by atoms with Crippen LogP contribution in [0.1, 0.15) is 31.2 Å². The number of nitrogens with zero attached hydrogens (tertiary/aromatic N) is 1. The molecule has 1 heterocycles. The average molecular weight is 311 g/mol. The summed E-state index contributed by atoms with van der Waals surface area (Å²) in [5, 5.41) is 0. The first kappa shape index (κ1) is 15.5. The highest BCUT2D eigenvalue weighted by atomic mass is 19.3. The quantitative estimate of drug-likeness (QED) is 0.853. The van der Waals surface area contributed by atoms with Crippen molar-refractivity contribution in [3.8, 4) is 11.5 Å².